The zero-order valence-electron chi connectivity index (χ0n) is 14.0. The molecule has 1 aliphatic carbocycles. The van der Waals surface area contributed by atoms with E-state index in [1.54, 1.807) is 12.1 Å². The van der Waals surface area contributed by atoms with Crippen LogP contribution in [-0.4, -0.2) is 16.4 Å². The Hall–Kier alpha value is -3.12. The van der Waals surface area contributed by atoms with Crippen LogP contribution < -0.4 is 0 Å². The standard InChI is InChI=1S/C21H13BrN2O3/c22-17-12-14(24(26)27)10-11-18(17)23-20-15-8-4-5-9-16(15)21(25)19(20)13-6-2-1-3-7-13/h1-12,19H. The molecule has 0 saturated heterocycles. The first-order valence-electron chi connectivity index (χ1n) is 8.27. The predicted molar refractivity (Wildman–Crippen MR) is 107 cm³/mol. The molecule has 0 radical (unpaired) electrons. The molecule has 0 bridgehead atoms. The summed E-state index contributed by atoms with van der Waals surface area (Å²) in [5, 5.41) is 11.0. The van der Waals surface area contributed by atoms with Crippen LogP contribution in [0.2, 0.25) is 0 Å². The third kappa shape index (κ3) is 3.08. The van der Waals surface area contributed by atoms with Gasteiger partial charge in [-0.25, -0.2) is 0 Å². The van der Waals surface area contributed by atoms with Crippen LogP contribution in [0.5, 0.6) is 0 Å². The van der Waals surface area contributed by atoms with Crippen molar-refractivity contribution < 1.29 is 9.72 Å². The van der Waals surface area contributed by atoms with Gasteiger partial charge in [-0.05, 0) is 27.6 Å². The van der Waals surface area contributed by atoms with E-state index in [1.807, 2.05) is 48.5 Å². The Morgan fingerprint density at radius 3 is 2.26 bits per heavy atom. The van der Waals surface area contributed by atoms with Gasteiger partial charge in [0.25, 0.3) is 5.69 Å². The molecule has 0 N–H and O–H groups in total. The van der Waals surface area contributed by atoms with Crippen LogP contribution >= 0.6 is 15.9 Å². The summed E-state index contributed by atoms with van der Waals surface area (Å²) in [5.41, 5.74) is 3.48. The van der Waals surface area contributed by atoms with E-state index < -0.39 is 10.8 Å². The van der Waals surface area contributed by atoms with Crippen molar-refractivity contribution in [1.82, 2.24) is 0 Å². The van der Waals surface area contributed by atoms with Gasteiger partial charge in [-0.15, -0.1) is 0 Å². The second-order valence-corrected chi connectivity index (χ2v) is 7.00. The molecule has 1 aliphatic rings. The van der Waals surface area contributed by atoms with Crippen molar-refractivity contribution in [1.29, 1.82) is 0 Å². The maximum atomic E-state index is 13.0. The number of fused-ring (bicyclic) bond motifs is 1. The lowest BCUT2D eigenvalue weighted by molar-refractivity contribution is -0.384. The van der Waals surface area contributed by atoms with Gasteiger partial charge >= 0.3 is 0 Å². The zero-order chi connectivity index (χ0) is 19.0. The average Bonchev–Trinajstić information content (AvgIpc) is 2.96. The summed E-state index contributed by atoms with van der Waals surface area (Å²) in [7, 11) is 0. The summed E-state index contributed by atoms with van der Waals surface area (Å²) < 4.78 is 0.507. The molecule has 0 aliphatic heterocycles. The lowest BCUT2D eigenvalue weighted by atomic mass is 9.93. The Balaban J connectivity index is 1.89. The topological polar surface area (TPSA) is 72.6 Å². The minimum absolute atomic E-state index is 0.00795. The molecule has 0 heterocycles. The fraction of sp³-hybridized carbons (Fsp3) is 0.0476. The first-order valence-corrected chi connectivity index (χ1v) is 9.06. The Kier molecular flexibility index (Phi) is 4.41. The molecular formula is C21H13BrN2O3. The van der Waals surface area contributed by atoms with E-state index in [0.29, 0.717) is 21.4 Å². The number of nitrogens with zero attached hydrogens (tertiary/aromatic N) is 2. The molecule has 132 valence electrons. The summed E-state index contributed by atoms with van der Waals surface area (Å²) >= 11 is 3.36. The molecule has 1 atom stereocenters. The second-order valence-electron chi connectivity index (χ2n) is 6.14. The number of hydrogen-bond donors (Lipinski definition) is 0. The van der Waals surface area contributed by atoms with Gasteiger partial charge < -0.3 is 0 Å². The molecule has 4 rings (SSSR count). The maximum Gasteiger partial charge on any atom is 0.270 e. The molecule has 0 saturated carbocycles. The highest BCUT2D eigenvalue weighted by atomic mass is 79.9. The lowest BCUT2D eigenvalue weighted by Gasteiger charge is -2.11. The number of aliphatic imine (C=N–C) groups is 1. The molecule has 6 heteroatoms. The predicted octanol–water partition coefficient (Wildman–Crippen LogP) is 5.46. The van der Waals surface area contributed by atoms with Crippen molar-refractivity contribution in [3.05, 3.63) is 104 Å². The number of ketones is 1. The van der Waals surface area contributed by atoms with Gasteiger partial charge in [-0.2, -0.15) is 0 Å². The van der Waals surface area contributed by atoms with Crippen molar-refractivity contribution in [3.8, 4) is 0 Å². The SMILES string of the molecule is O=C1c2ccccc2C(=Nc2ccc([N+](=O)[O-])cc2Br)C1c1ccccc1. The quantitative estimate of drug-likeness (QED) is 0.417. The monoisotopic (exact) mass is 420 g/mol. The highest BCUT2D eigenvalue weighted by Crippen LogP contribution is 2.38. The highest BCUT2D eigenvalue weighted by molar-refractivity contribution is 9.10. The lowest BCUT2D eigenvalue weighted by Crippen LogP contribution is -2.13. The number of hydrogen-bond acceptors (Lipinski definition) is 4. The van der Waals surface area contributed by atoms with E-state index in [0.717, 1.165) is 11.1 Å². The third-order valence-electron chi connectivity index (χ3n) is 4.52. The van der Waals surface area contributed by atoms with Crippen LogP contribution in [0.15, 0.2) is 82.3 Å². The first kappa shape index (κ1) is 17.3. The fourth-order valence-corrected chi connectivity index (χ4v) is 3.72. The smallest absolute Gasteiger partial charge is 0.270 e. The summed E-state index contributed by atoms with van der Waals surface area (Å²) in [6.45, 7) is 0. The van der Waals surface area contributed by atoms with Crippen LogP contribution in [0.4, 0.5) is 11.4 Å². The molecule has 27 heavy (non-hydrogen) atoms. The van der Waals surface area contributed by atoms with Gasteiger partial charge in [0.05, 0.1) is 26.7 Å². The number of rotatable bonds is 3. The third-order valence-corrected chi connectivity index (χ3v) is 5.16. The number of carbonyl (C=O) groups excluding carboxylic acids is 1. The molecule has 0 aromatic heterocycles. The first-order chi connectivity index (χ1) is 13.1. The Morgan fingerprint density at radius 1 is 0.926 bits per heavy atom. The second kappa shape index (κ2) is 6.89. The van der Waals surface area contributed by atoms with Crippen molar-refractivity contribution in [2.45, 2.75) is 5.92 Å². The largest absolute Gasteiger partial charge is 0.293 e. The number of benzene rings is 3. The van der Waals surface area contributed by atoms with Gasteiger partial charge in [-0.1, -0.05) is 54.6 Å². The highest BCUT2D eigenvalue weighted by Gasteiger charge is 2.37. The summed E-state index contributed by atoms with van der Waals surface area (Å²) in [6, 6.07) is 21.3. The number of halogens is 1. The van der Waals surface area contributed by atoms with Gasteiger partial charge in [-0.3, -0.25) is 19.9 Å². The molecule has 0 amide bonds. The van der Waals surface area contributed by atoms with Crippen molar-refractivity contribution in [2.24, 2.45) is 4.99 Å². The van der Waals surface area contributed by atoms with E-state index in [2.05, 4.69) is 15.9 Å². The van der Waals surface area contributed by atoms with E-state index >= 15 is 0 Å². The number of Topliss-reactive ketones (excluding diaryl/α,β-unsaturated/α-hetero) is 1. The van der Waals surface area contributed by atoms with Crippen molar-refractivity contribution >= 4 is 38.8 Å². The van der Waals surface area contributed by atoms with Gasteiger partial charge in [0.1, 0.15) is 0 Å². The normalized spacial score (nSPS) is 17.1. The average molecular weight is 421 g/mol. The maximum absolute atomic E-state index is 13.0. The number of carbonyl (C=O) groups is 1. The summed E-state index contributed by atoms with van der Waals surface area (Å²) in [5.74, 6) is -0.487. The van der Waals surface area contributed by atoms with Crippen LogP contribution in [-0.2, 0) is 0 Å². The van der Waals surface area contributed by atoms with E-state index in [-0.39, 0.29) is 11.5 Å². The summed E-state index contributed by atoms with van der Waals surface area (Å²) in [4.78, 5) is 28.3. The van der Waals surface area contributed by atoms with Crippen LogP contribution in [0.3, 0.4) is 0 Å². The van der Waals surface area contributed by atoms with Gasteiger partial charge in [0.15, 0.2) is 5.78 Å². The van der Waals surface area contributed by atoms with Crippen molar-refractivity contribution in [3.63, 3.8) is 0 Å². The van der Waals surface area contributed by atoms with E-state index in [9.17, 15) is 14.9 Å². The van der Waals surface area contributed by atoms with Gasteiger partial charge in [0.2, 0.25) is 0 Å². The number of non-ortho nitro benzene ring substituents is 1. The molecule has 5 nitrogen and oxygen atoms in total. The molecule has 3 aromatic carbocycles. The van der Waals surface area contributed by atoms with Crippen molar-refractivity contribution in [2.75, 3.05) is 0 Å². The van der Waals surface area contributed by atoms with Crippen LogP contribution in [0, 0.1) is 10.1 Å². The zero-order valence-corrected chi connectivity index (χ0v) is 15.6. The fourth-order valence-electron chi connectivity index (χ4n) is 3.27. The van der Waals surface area contributed by atoms with Crippen LogP contribution in [0.1, 0.15) is 27.4 Å². The molecule has 3 aromatic rings. The molecule has 1 unspecified atom stereocenters. The minimum Gasteiger partial charge on any atom is -0.293 e. The Bertz CT molecular complexity index is 1090. The molecule has 0 fully saturated rings. The molecule has 0 spiro atoms. The van der Waals surface area contributed by atoms with E-state index in [4.69, 9.17) is 4.99 Å². The summed E-state index contributed by atoms with van der Waals surface area (Å²) in [6.07, 6.45) is 0. The van der Waals surface area contributed by atoms with E-state index in [1.165, 1.54) is 12.1 Å². The van der Waals surface area contributed by atoms with Crippen LogP contribution in [0.25, 0.3) is 0 Å². The number of nitro benzene ring substituents is 1. The molecular weight excluding hydrogens is 408 g/mol. The number of nitro groups is 1. The minimum atomic E-state index is -0.495. The Morgan fingerprint density at radius 2 is 1.59 bits per heavy atom. The van der Waals surface area contributed by atoms with Gasteiger partial charge in [0, 0.05) is 23.3 Å². The Labute approximate surface area is 163 Å².